The third-order valence-corrected chi connectivity index (χ3v) is 5.04. The number of hydrogen-bond donors (Lipinski definition) is 0. The molecule has 0 bridgehead atoms. The minimum atomic E-state index is -0.827. The topological polar surface area (TPSA) is 48.7 Å². The van der Waals surface area contributed by atoms with E-state index in [0.717, 1.165) is 22.3 Å². The average Bonchev–Trinajstić information content (AvgIpc) is 3.30. The molecule has 0 atom stereocenters. The lowest BCUT2D eigenvalue weighted by molar-refractivity contribution is 0.0000423. The van der Waals surface area contributed by atoms with Crippen molar-refractivity contribution in [1.82, 2.24) is 0 Å². The lowest BCUT2D eigenvalue weighted by Gasteiger charge is -2.35. The van der Waals surface area contributed by atoms with Crippen molar-refractivity contribution in [2.75, 3.05) is 7.11 Å². The minimum Gasteiger partial charge on any atom is -0.463 e. The van der Waals surface area contributed by atoms with E-state index >= 15 is 0 Å². The van der Waals surface area contributed by atoms with Crippen LogP contribution < -0.4 is 0 Å². The first kappa shape index (κ1) is 19.7. The van der Waals surface area contributed by atoms with Gasteiger partial charge in [-0.25, -0.2) is 4.79 Å². The molecule has 4 heteroatoms. The van der Waals surface area contributed by atoms with Gasteiger partial charge < -0.3 is 13.9 Å². The molecule has 0 aliphatic rings. The predicted molar refractivity (Wildman–Crippen MR) is 114 cm³/mol. The predicted octanol–water partition coefficient (Wildman–Crippen LogP) is 5.57. The maximum atomic E-state index is 11.7. The monoisotopic (exact) mass is 398 g/mol. The zero-order valence-electron chi connectivity index (χ0n) is 16.7. The molecule has 4 nitrogen and oxygen atoms in total. The highest BCUT2D eigenvalue weighted by Crippen LogP contribution is 2.41. The van der Waals surface area contributed by atoms with E-state index in [1.165, 1.54) is 13.4 Å². The second kappa shape index (κ2) is 8.80. The van der Waals surface area contributed by atoms with Crippen molar-refractivity contribution in [3.8, 4) is 0 Å². The van der Waals surface area contributed by atoms with Crippen LogP contribution in [0.15, 0.2) is 108 Å². The summed E-state index contributed by atoms with van der Waals surface area (Å²) in [5.41, 5.74) is 2.96. The van der Waals surface area contributed by atoms with Crippen LogP contribution in [-0.4, -0.2) is 13.1 Å². The van der Waals surface area contributed by atoms with Gasteiger partial charge in [0.2, 0.25) is 5.76 Å². The van der Waals surface area contributed by atoms with E-state index in [1.807, 2.05) is 54.6 Å². The Kier molecular flexibility index (Phi) is 5.77. The molecule has 0 aliphatic heterocycles. The van der Waals surface area contributed by atoms with Crippen LogP contribution in [0.1, 0.15) is 32.8 Å². The van der Waals surface area contributed by atoms with Crippen LogP contribution in [0.4, 0.5) is 0 Å². The van der Waals surface area contributed by atoms with Crippen LogP contribution in [-0.2, 0) is 21.7 Å². The maximum absolute atomic E-state index is 11.7. The van der Waals surface area contributed by atoms with Crippen LogP contribution in [0.5, 0.6) is 0 Å². The summed E-state index contributed by atoms with van der Waals surface area (Å²) < 4.78 is 16.8. The first-order chi connectivity index (χ1) is 14.7. The normalized spacial score (nSPS) is 11.2. The highest BCUT2D eigenvalue weighted by Gasteiger charge is 2.37. The van der Waals surface area contributed by atoms with Crippen LogP contribution in [0.3, 0.4) is 0 Å². The quantitative estimate of drug-likeness (QED) is 0.301. The molecule has 0 N–H and O–H groups in total. The SMILES string of the molecule is COC(=O)c1cc(COC(c2ccccc2)(c2ccccc2)c2ccccc2)co1. The van der Waals surface area contributed by atoms with E-state index in [-0.39, 0.29) is 12.4 Å². The van der Waals surface area contributed by atoms with E-state index in [2.05, 4.69) is 36.4 Å². The zero-order chi connectivity index (χ0) is 20.8. The fraction of sp³-hybridized carbons (Fsp3) is 0.115. The molecular formula is C26H22O4. The van der Waals surface area contributed by atoms with Gasteiger partial charge in [0.15, 0.2) is 0 Å². The molecular weight excluding hydrogens is 376 g/mol. The molecule has 1 aromatic heterocycles. The van der Waals surface area contributed by atoms with Gasteiger partial charge >= 0.3 is 5.97 Å². The van der Waals surface area contributed by atoms with E-state index in [0.29, 0.717) is 0 Å². The summed E-state index contributed by atoms with van der Waals surface area (Å²) in [4.78, 5) is 11.7. The molecule has 3 aromatic carbocycles. The first-order valence-corrected chi connectivity index (χ1v) is 9.70. The molecule has 0 saturated heterocycles. The summed E-state index contributed by atoms with van der Waals surface area (Å²) in [6.07, 6.45) is 1.53. The smallest absolute Gasteiger partial charge is 0.373 e. The number of furan rings is 1. The van der Waals surface area contributed by atoms with Crippen molar-refractivity contribution in [2.24, 2.45) is 0 Å². The first-order valence-electron chi connectivity index (χ1n) is 9.70. The van der Waals surface area contributed by atoms with Crippen molar-refractivity contribution in [3.63, 3.8) is 0 Å². The number of hydrogen-bond acceptors (Lipinski definition) is 4. The summed E-state index contributed by atoms with van der Waals surface area (Å²) in [5, 5.41) is 0. The van der Waals surface area contributed by atoms with Crippen molar-refractivity contribution in [1.29, 1.82) is 0 Å². The van der Waals surface area contributed by atoms with Gasteiger partial charge in [-0.3, -0.25) is 0 Å². The Bertz CT molecular complexity index is 989. The average molecular weight is 398 g/mol. The van der Waals surface area contributed by atoms with Crippen LogP contribution >= 0.6 is 0 Å². The summed E-state index contributed by atoms with van der Waals surface area (Å²) >= 11 is 0. The van der Waals surface area contributed by atoms with Gasteiger partial charge in [-0.1, -0.05) is 91.0 Å². The van der Waals surface area contributed by atoms with Crippen molar-refractivity contribution in [2.45, 2.75) is 12.2 Å². The van der Waals surface area contributed by atoms with Crippen molar-refractivity contribution < 1.29 is 18.7 Å². The number of methoxy groups -OCH3 is 1. The van der Waals surface area contributed by atoms with Gasteiger partial charge in [0.25, 0.3) is 0 Å². The molecule has 30 heavy (non-hydrogen) atoms. The van der Waals surface area contributed by atoms with E-state index in [4.69, 9.17) is 13.9 Å². The lowest BCUT2D eigenvalue weighted by Crippen LogP contribution is -2.32. The van der Waals surface area contributed by atoms with Gasteiger partial charge in [0, 0.05) is 5.56 Å². The highest BCUT2D eigenvalue weighted by molar-refractivity contribution is 5.86. The molecule has 0 amide bonds. The Hall–Kier alpha value is -3.63. The third kappa shape index (κ3) is 3.78. The number of carbonyl (C=O) groups excluding carboxylic acids is 1. The molecule has 0 aliphatic carbocycles. The Balaban J connectivity index is 1.81. The Morgan fingerprint density at radius 2 is 1.27 bits per heavy atom. The number of ether oxygens (including phenoxy) is 2. The third-order valence-electron chi connectivity index (χ3n) is 5.04. The zero-order valence-corrected chi connectivity index (χ0v) is 16.7. The molecule has 4 aromatic rings. The molecule has 150 valence electrons. The van der Waals surface area contributed by atoms with E-state index < -0.39 is 11.6 Å². The minimum absolute atomic E-state index is 0.154. The lowest BCUT2D eigenvalue weighted by atomic mass is 9.80. The Morgan fingerprint density at radius 1 is 0.800 bits per heavy atom. The highest BCUT2D eigenvalue weighted by atomic mass is 16.5. The summed E-state index contributed by atoms with van der Waals surface area (Å²) in [7, 11) is 1.33. The Morgan fingerprint density at radius 3 is 1.70 bits per heavy atom. The van der Waals surface area contributed by atoms with Gasteiger partial charge in [0.1, 0.15) is 5.60 Å². The standard InChI is InChI=1S/C26H22O4/c1-28-25(27)24-17-20(18-29-24)19-30-26(21-11-5-2-6-12-21,22-13-7-3-8-14-22)23-15-9-4-10-16-23/h2-18H,19H2,1H3. The van der Waals surface area contributed by atoms with Crippen LogP contribution in [0.2, 0.25) is 0 Å². The van der Waals surface area contributed by atoms with Gasteiger partial charge in [-0.05, 0) is 22.8 Å². The Labute approximate surface area is 175 Å². The number of benzene rings is 3. The van der Waals surface area contributed by atoms with Crippen LogP contribution in [0, 0.1) is 0 Å². The second-order valence-corrected chi connectivity index (χ2v) is 6.88. The summed E-state index contributed by atoms with van der Waals surface area (Å²) in [6.45, 7) is 0.249. The van der Waals surface area contributed by atoms with Gasteiger partial charge in [0.05, 0.1) is 20.0 Å². The van der Waals surface area contributed by atoms with Gasteiger partial charge in [-0.15, -0.1) is 0 Å². The van der Waals surface area contributed by atoms with Crippen molar-refractivity contribution in [3.05, 3.63) is 131 Å². The molecule has 0 saturated carbocycles. The molecule has 0 radical (unpaired) electrons. The van der Waals surface area contributed by atoms with Gasteiger partial charge in [-0.2, -0.15) is 0 Å². The molecule has 4 rings (SSSR count). The van der Waals surface area contributed by atoms with E-state index in [1.54, 1.807) is 6.07 Å². The number of esters is 1. The second-order valence-electron chi connectivity index (χ2n) is 6.88. The number of rotatable bonds is 7. The maximum Gasteiger partial charge on any atom is 0.373 e. The fourth-order valence-corrected chi connectivity index (χ4v) is 3.62. The largest absolute Gasteiger partial charge is 0.463 e. The molecule has 0 unspecified atom stereocenters. The van der Waals surface area contributed by atoms with Crippen molar-refractivity contribution >= 4 is 5.97 Å². The summed E-state index contributed by atoms with van der Waals surface area (Å²) in [5.74, 6) is -0.359. The molecule has 1 heterocycles. The molecule has 0 fully saturated rings. The van der Waals surface area contributed by atoms with Crippen LogP contribution in [0.25, 0.3) is 0 Å². The fourth-order valence-electron chi connectivity index (χ4n) is 3.62. The van der Waals surface area contributed by atoms with E-state index in [9.17, 15) is 4.79 Å². The number of carbonyl (C=O) groups is 1. The summed E-state index contributed by atoms with van der Waals surface area (Å²) in [6, 6.07) is 32.0. The molecule has 0 spiro atoms.